The SMILES string of the molecule is CCC(CC)C(CNC(=O)CCc1ccc(OC)c(OC)c1)N1CCOCC1. The maximum absolute atomic E-state index is 12.5. The molecule has 6 heteroatoms. The zero-order chi connectivity index (χ0) is 20.4. The lowest BCUT2D eigenvalue weighted by Gasteiger charge is -2.38. The highest BCUT2D eigenvalue weighted by atomic mass is 16.5. The van der Waals surface area contributed by atoms with E-state index in [-0.39, 0.29) is 5.91 Å². The van der Waals surface area contributed by atoms with Crippen LogP contribution in [0.2, 0.25) is 0 Å². The van der Waals surface area contributed by atoms with Crippen molar-refractivity contribution >= 4 is 5.91 Å². The maximum atomic E-state index is 12.5. The Morgan fingerprint density at radius 1 is 1.14 bits per heavy atom. The summed E-state index contributed by atoms with van der Waals surface area (Å²) in [5.41, 5.74) is 1.07. The number of nitrogens with zero attached hydrogens (tertiary/aromatic N) is 1. The van der Waals surface area contributed by atoms with Crippen LogP contribution < -0.4 is 14.8 Å². The molecule has 0 bridgehead atoms. The molecular formula is C22H36N2O4. The predicted molar refractivity (Wildman–Crippen MR) is 111 cm³/mol. The van der Waals surface area contributed by atoms with Crippen LogP contribution in [-0.2, 0) is 16.0 Å². The van der Waals surface area contributed by atoms with Crippen LogP contribution in [-0.4, -0.2) is 63.9 Å². The van der Waals surface area contributed by atoms with Crippen molar-refractivity contribution < 1.29 is 19.0 Å². The lowest BCUT2D eigenvalue weighted by molar-refractivity contribution is -0.121. The molecule has 0 radical (unpaired) electrons. The molecule has 0 spiro atoms. The van der Waals surface area contributed by atoms with Gasteiger partial charge in [0, 0.05) is 32.1 Å². The van der Waals surface area contributed by atoms with Crippen molar-refractivity contribution in [2.75, 3.05) is 47.1 Å². The molecule has 0 saturated carbocycles. The molecule has 1 unspecified atom stereocenters. The molecule has 1 aromatic rings. The molecule has 2 rings (SSSR count). The fourth-order valence-corrected chi connectivity index (χ4v) is 3.94. The van der Waals surface area contributed by atoms with Crippen molar-refractivity contribution in [1.29, 1.82) is 0 Å². The summed E-state index contributed by atoms with van der Waals surface area (Å²) in [6.45, 7) is 8.64. The number of benzene rings is 1. The Bertz CT molecular complexity index is 598. The van der Waals surface area contributed by atoms with Crippen LogP contribution in [0.4, 0.5) is 0 Å². The zero-order valence-electron chi connectivity index (χ0n) is 17.8. The fourth-order valence-electron chi connectivity index (χ4n) is 3.94. The van der Waals surface area contributed by atoms with Crippen LogP contribution in [0, 0.1) is 5.92 Å². The van der Waals surface area contributed by atoms with Gasteiger partial charge in [-0.15, -0.1) is 0 Å². The number of rotatable bonds is 11. The predicted octanol–water partition coefficient (Wildman–Crippen LogP) is 2.89. The third-order valence-corrected chi connectivity index (χ3v) is 5.70. The summed E-state index contributed by atoms with van der Waals surface area (Å²) < 4.78 is 16.1. The number of methoxy groups -OCH3 is 2. The van der Waals surface area contributed by atoms with Gasteiger partial charge in [0.05, 0.1) is 27.4 Å². The van der Waals surface area contributed by atoms with Crippen molar-refractivity contribution in [3.63, 3.8) is 0 Å². The van der Waals surface area contributed by atoms with Gasteiger partial charge in [0.1, 0.15) is 0 Å². The number of nitrogens with one attached hydrogen (secondary N) is 1. The number of morpholine rings is 1. The highest BCUT2D eigenvalue weighted by molar-refractivity contribution is 5.76. The Morgan fingerprint density at radius 2 is 1.82 bits per heavy atom. The van der Waals surface area contributed by atoms with Gasteiger partial charge in [-0.1, -0.05) is 32.8 Å². The first-order valence-corrected chi connectivity index (χ1v) is 10.4. The van der Waals surface area contributed by atoms with E-state index < -0.39 is 0 Å². The second kappa shape index (κ2) is 11.9. The summed E-state index contributed by atoms with van der Waals surface area (Å²) in [4.78, 5) is 15.0. The fraction of sp³-hybridized carbons (Fsp3) is 0.682. The topological polar surface area (TPSA) is 60.0 Å². The van der Waals surface area contributed by atoms with Gasteiger partial charge in [-0.3, -0.25) is 9.69 Å². The molecule has 1 aromatic carbocycles. The van der Waals surface area contributed by atoms with Gasteiger partial charge < -0.3 is 19.5 Å². The average molecular weight is 393 g/mol. The number of carbonyl (C=O) groups is 1. The third-order valence-electron chi connectivity index (χ3n) is 5.70. The van der Waals surface area contributed by atoms with E-state index in [4.69, 9.17) is 14.2 Å². The van der Waals surface area contributed by atoms with Crippen molar-refractivity contribution in [3.8, 4) is 11.5 Å². The van der Waals surface area contributed by atoms with Crippen LogP contribution in [0.3, 0.4) is 0 Å². The third kappa shape index (κ3) is 6.38. The Kier molecular flexibility index (Phi) is 9.58. The Morgan fingerprint density at radius 3 is 2.43 bits per heavy atom. The van der Waals surface area contributed by atoms with E-state index in [1.165, 1.54) is 0 Å². The van der Waals surface area contributed by atoms with Gasteiger partial charge in [-0.05, 0) is 30.0 Å². The summed E-state index contributed by atoms with van der Waals surface area (Å²) in [6.07, 6.45) is 3.40. The van der Waals surface area contributed by atoms with Gasteiger partial charge in [-0.25, -0.2) is 0 Å². The Hall–Kier alpha value is -1.79. The lowest BCUT2D eigenvalue weighted by atomic mass is 9.92. The number of amides is 1. The van der Waals surface area contributed by atoms with Gasteiger partial charge in [-0.2, -0.15) is 0 Å². The molecule has 0 aromatic heterocycles. The molecule has 1 atom stereocenters. The summed E-state index contributed by atoms with van der Waals surface area (Å²) in [5, 5.41) is 3.17. The van der Waals surface area contributed by atoms with E-state index in [1.54, 1.807) is 14.2 Å². The minimum absolute atomic E-state index is 0.0963. The molecule has 1 amide bonds. The largest absolute Gasteiger partial charge is 0.493 e. The van der Waals surface area contributed by atoms with E-state index in [2.05, 4.69) is 24.1 Å². The zero-order valence-corrected chi connectivity index (χ0v) is 17.8. The Balaban J connectivity index is 1.88. The van der Waals surface area contributed by atoms with Crippen LogP contribution in [0.1, 0.15) is 38.7 Å². The number of carbonyl (C=O) groups excluding carboxylic acids is 1. The first-order valence-electron chi connectivity index (χ1n) is 10.4. The molecule has 1 aliphatic rings. The van der Waals surface area contributed by atoms with Gasteiger partial charge in [0.15, 0.2) is 11.5 Å². The van der Waals surface area contributed by atoms with Gasteiger partial charge >= 0.3 is 0 Å². The molecule has 158 valence electrons. The molecule has 6 nitrogen and oxygen atoms in total. The average Bonchev–Trinajstić information content (AvgIpc) is 2.75. The molecule has 1 N–H and O–H groups in total. The summed E-state index contributed by atoms with van der Waals surface area (Å²) in [7, 11) is 3.24. The second-order valence-corrected chi connectivity index (χ2v) is 7.29. The van der Waals surface area contributed by atoms with E-state index in [1.807, 2.05) is 18.2 Å². The monoisotopic (exact) mass is 392 g/mol. The van der Waals surface area contributed by atoms with Crippen molar-refractivity contribution in [2.24, 2.45) is 5.92 Å². The number of aryl methyl sites for hydroxylation is 1. The molecule has 1 aliphatic heterocycles. The number of ether oxygens (including phenoxy) is 3. The molecule has 1 saturated heterocycles. The molecule has 0 aliphatic carbocycles. The number of hydrogen-bond donors (Lipinski definition) is 1. The standard InChI is InChI=1S/C22H36N2O4/c1-5-18(6-2)19(24-11-13-28-14-12-24)16-23-22(25)10-8-17-7-9-20(26-3)21(15-17)27-4/h7,9,15,18-19H,5-6,8,10-14,16H2,1-4H3,(H,23,25). The highest BCUT2D eigenvalue weighted by Gasteiger charge is 2.27. The van der Waals surface area contributed by atoms with Crippen molar-refractivity contribution in [3.05, 3.63) is 23.8 Å². The normalized spacial score (nSPS) is 16.0. The Labute approximate surface area is 169 Å². The second-order valence-electron chi connectivity index (χ2n) is 7.29. The molecule has 1 fully saturated rings. The van der Waals surface area contributed by atoms with Crippen LogP contribution >= 0.6 is 0 Å². The minimum Gasteiger partial charge on any atom is -0.493 e. The van der Waals surface area contributed by atoms with Crippen molar-refractivity contribution in [1.82, 2.24) is 10.2 Å². The molecule has 28 heavy (non-hydrogen) atoms. The molecular weight excluding hydrogens is 356 g/mol. The maximum Gasteiger partial charge on any atom is 0.220 e. The quantitative estimate of drug-likeness (QED) is 0.627. The summed E-state index contributed by atoms with van der Waals surface area (Å²) in [6, 6.07) is 6.18. The lowest BCUT2D eigenvalue weighted by Crippen LogP contribution is -2.52. The molecule has 1 heterocycles. The summed E-state index contributed by atoms with van der Waals surface area (Å²) >= 11 is 0. The first-order chi connectivity index (χ1) is 13.6. The smallest absolute Gasteiger partial charge is 0.220 e. The van der Waals surface area contributed by atoms with E-state index in [9.17, 15) is 4.79 Å². The van der Waals surface area contributed by atoms with E-state index in [0.29, 0.717) is 42.8 Å². The van der Waals surface area contributed by atoms with Gasteiger partial charge in [0.25, 0.3) is 0 Å². The van der Waals surface area contributed by atoms with Crippen LogP contribution in [0.15, 0.2) is 18.2 Å². The van der Waals surface area contributed by atoms with Crippen LogP contribution in [0.25, 0.3) is 0 Å². The van der Waals surface area contributed by atoms with Gasteiger partial charge in [0.2, 0.25) is 5.91 Å². The number of hydrogen-bond acceptors (Lipinski definition) is 5. The minimum atomic E-state index is 0.0963. The highest BCUT2D eigenvalue weighted by Crippen LogP contribution is 2.28. The summed E-state index contributed by atoms with van der Waals surface area (Å²) in [5.74, 6) is 2.08. The van der Waals surface area contributed by atoms with Crippen molar-refractivity contribution in [2.45, 2.75) is 45.6 Å². The van der Waals surface area contributed by atoms with E-state index in [0.717, 1.165) is 44.7 Å². The van der Waals surface area contributed by atoms with Crippen LogP contribution in [0.5, 0.6) is 11.5 Å². The van der Waals surface area contributed by atoms with E-state index >= 15 is 0 Å². The first kappa shape index (κ1) is 22.5.